The average Bonchev–Trinajstić information content (AvgIpc) is 3.33. The fourth-order valence-electron chi connectivity index (χ4n) is 5.45. The molecule has 0 amide bonds. The van der Waals surface area contributed by atoms with Crippen LogP contribution in [-0.2, 0) is 16.1 Å². The molecule has 1 aliphatic rings. The molecule has 6 rings (SSSR count). The van der Waals surface area contributed by atoms with Crippen molar-refractivity contribution in [3.8, 4) is 5.75 Å². The molecule has 0 saturated heterocycles. The van der Waals surface area contributed by atoms with Crippen LogP contribution < -0.4 is 24.5 Å². The van der Waals surface area contributed by atoms with Crippen LogP contribution >= 0.6 is 11.3 Å². The summed E-state index contributed by atoms with van der Waals surface area (Å²) >= 11 is 1.31. The number of benzene rings is 4. The van der Waals surface area contributed by atoms with Crippen LogP contribution in [0.1, 0.15) is 36.6 Å². The van der Waals surface area contributed by atoms with Gasteiger partial charge < -0.3 is 14.4 Å². The van der Waals surface area contributed by atoms with Gasteiger partial charge in [0.1, 0.15) is 12.4 Å². The van der Waals surface area contributed by atoms with Gasteiger partial charge in [-0.3, -0.25) is 9.36 Å². The first-order valence-electron chi connectivity index (χ1n) is 14.5. The van der Waals surface area contributed by atoms with Crippen molar-refractivity contribution in [1.82, 2.24) is 4.57 Å². The Labute approximate surface area is 259 Å². The highest BCUT2D eigenvalue weighted by Gasteiger charge is 2.33. The molecule has 1 atom stereocenters. The Morgan fingerprint density at radius 3 is 2.43 bits per heavy atom. The van der Waals surface area contributed by atoms with E-state index in [-0.39, 0.29) is 12.2 Å². The molecule has 1 aromatic heterocycles. The minimum atomic E-state index is -0.645. The Kier molecular flexibility index (Phi) is 8.17. The summed E-state index contributed by atoms with van der Waals surface area (Å²) < 4.78 is 13.7. The number of ether oxygens (including phenoxy) is 2. The molecule has 0 bridgehead atoms. The molecule has 0 radical (unpaired) electrons. The van der Waals surface area contributed by atoms with E-state index in [0.29, 0.717) is 27.2 Å². The van der Waals surface area contributed by atoms with E-state index in [9.17, 15) is 9.59 Å². The summed E-state index contributed by atoms with van der Waals surface area (Å²) in [6, 6.07) is 29.4. The van der Waals surface area contributed by atoms with Gasteiger partial charge in [0.15, 0.2) is 4.80 Å². The molecule has 1 aliphatic heterocycles. The second-order valence-electron chi connectivity index (χ2n) is 10.8. The van der Waals surface area contributed by atoms with Crippen molar-refractivity contribution in [3.05, 3.63) is 139 Å². The summed E-state index contributed by atoms with van der Waals surface area (Å²) in [7, 11) is 3.94. The van der Waals surface area contributed by atoms with E-state index >= 15 is 0 Å². The molecule has 44 heavy (non-hydrogen) atoms. The van der Waals surface area contributed by atoms with Gasteiger partial charge in [-0.1, -0.05) is 78.1 Å². The summed E-state index contributed by atoms with van der Waals surface area (Å²) in [6.45, 7) is 4.25. The van der Waals surface area contributed by atoms with Gasteiger partial charge in [0.2, 0.25) is 0 Å². The van der Waals surface area contributed by atoms with Crippen LogP contribution in [0.5, 0.6) is 5.75 Å². The molecular formula is C36H33N3O4S. The number of esters is 1. The van der Waals surface area contributed by atoms with Gasteiger partial charge >= 0.3 is 5.97 Å². The highest BCUT2D eigenvalue weighted by atomic mass is 32.1. The third-order valence-corrected chi connectivity index (χ3v) is 8.68. The molecule has 0 fully saturated rings. The first kappa shape index (κ1) is 29.1. The topological polar surface area (TPSA) is 73.1 Å². The lowest BCUT2D eigenvalue weighted by molar-refractivity contribution is -0.139. The van der Waals surface area contributed by atoms with Gasteiger partial charge in [-0.25, -0.2) is 9.79 Å². The lowest BCUT2D eigenvalue weighted by Gasteiger charge is -2.25. The van der Waals surface area contributed by atoms with Gasteiger partial charge in [0.05, 0.1) is 28.5 Å². The van der Waals surface area contributed by atoms with Gasteiger partial charge in [-0.2, -0.15) is 0 Å². The zero-order valence-electron chi connectivity index (χ0n) is 25.1. The molecule has 7 nitrogen and oxygen atoms in total. The molecule has 2 heterocycles. The maximum Gasteiger partial charge on any atom is 0.338 e. The molecule has 0 N–H and O–H groups in total. The molecule has 0 saturated carbocycles. The average molecular weight is 604 g/mol. The molecule has 0 aliphatic carbocycles. The fraction of sp³-hybridized carbons (Fsp3) is 0.194. The number of fused-ring (bicyclic) bond motifs is 2. The number of hydrogen-bond acceptors (Lipinski definition) is 7. The van der Waals surface area contributed by atoms with E-state index in [1.165, 1.54) is 22.1 Å². The highest BCUT2D eigenvalue weighted by Crippen LogP contribution is 2.31. The van der Waals surface area contributed by atoms with E-state index in [2.05, 4.69) is 29.3 Å². The largest absolute Gasteiger partial charge is 0.489 e. The van der Waals surface area contributed by atoms with Crippen LogP contribution in [0.15, 0.2) is 112 Å². The third kappa shape index (κ3) is 5.68. The Hall–Kier alpha value is -4.95. The minimum Gasteiger partial charge on any atom is -0.489 e. The van der Waals surface area contributed by atoms with E-state index < -0.39 is 12.0 Å². The molecular weight excluding hydrogens is 570 g/mol. The van der Waals surface area contributed by atoms with E-state index in [1.54, 1.807) is 18.4 Å². The SMILES string of the molecule is CCOC(=O)C1=C(C)N=c2s/c(=C/c3ccc(OCc4cccc5ccccc45)cc3)c(=O)n2[C@@H]1c1ccc(N(C)C)cc1. The van der Waals surface area contributed by atoms with Crippen LogP contribution in [0, 0.1) is 0 Å². The Bertz CT molecular complexity index is 2050. The quantitative estimate of drug-likeness (QED) is 0.216. The minimum absolute atomic E-state index is 0.207. The molecule has 4 aromatic carbocycles. The van der Waals surface area contributed by atoms with Gasteiger partial charge in [0.25, 0.3) is 5.56 Å². The first-order chi connectivity index (χ1) is 21.3. The molecule has 0 unspecified atom stereocenters. The van der Waals surface area contributed by atoms with Crippen molar-refractivity contribution >= 4 is 39.8 Å². The number of carbonyl (C=O) groups is 1. The maximum absolute atomic E-state index is 13.9. The van der Waals surface area contributed by atoms with Crippen LogP contribution in [0.2, 0.25) is 0 Å². The second kappa shape index (κ2) is 12.3. The summed E-state index contributed by atoms with van der Waals surface area (Å²) in [4.78, 5) is 34.3. The van der Waals surface area contributed by atoms with E-state index in [0.717, 1.165) is 28.1 Å². The smallest absolute Gasteiger partial charge is 0.338 e. The number of thiazole rings is 1. The highest BCUT2D eigenvalue weighted by molar-refractivity contribution is 7.07. The molecule has 222 valence electrons. The van der Waals surface area contributed by atoms with Gasteiger partial charge in [-0.15, -0.1) is 0 Å². The molecule has 8 heteroatoms. The Morgan fingerprint density at radius 2 is 1.70 bits per heavy atom. The normalized spacial score (nSPS) is 14.7. The third-order valence-electron chi connectivity index (χ3n) is 7.69. The van der Waals surface area contributed by atoms with E-state index in [1.807, 2.05) is 91.8 Å². The van der Waals surface area contributed by atoms with Gasteiger partial charge in [0, 0.05) is 19.8 Å². The number of rotatable bonds is 8. The van der Waals surface area contributed by atoms with Crippen molar-refractivity contribution in [2.75, 3.05) is 25.6 Å². The van der Waals surface area contributed by atoms with Crippen molar-refractivity contribution in [2.45, 2.75) is 26.5 Å². The standard InChI is InChI=1S/C36H33N3O4S/c1-5-42-35(41)32-23(2)37-36-39(33(32)26-15-17-28(18-16-26)38(3)4)34(40)31(44-36)21-24-13-19-29(20-14-24)43-22-27-11-8-10-25-9-6-7-12-30(25)27/h6-21,33H,5,22H2,1-4H3/b31-21+/t33-/m1/s1. The number of allylic oxidation sites excluding steroid dienone is 1. The zero-order chi connectivity index (χ0) is 30.8. The number of anilines is 1. The van der Waals surface area contributed by atoms with E-state index in [4.69, 9.17) is 9.47 Å². The lowest BCUT2D eigenvalue weighted by atomic mass is 9.95. The maximum atomic E-state index is 13.9. The predicted octanol–water partition coefficient (Wildman–Crippen LogP) is 5.60. The summed E-state index contributed by atoms with van der Waals surface area (Å²) in [6.07, 6.45) is 1.86. The van der Waals surface area contributed by atoms with Gasteiger partial charge in [-0.05, 0) is 71.7 Å². The van der Waals surface area contributed by atoms with Crippen molar-refractivity contribution in [2.24, 2.45) is 4.99 Å². The number of aromatic nitrogens is 1. The van der Waals surface area contributed by atoms with Crippen LogP contribution in [0.3, 0.4) is 0 Å². The Balaban J connectivity index is 1.32. The molecule has 5 aromatic rings. The van der Waals surface area contributed by atoms with Crippen LogP contribution in [0.25, 0.3) is 16.8 Å². The monoisotopic (exact) mass is 603 g/mol. The number of carbonyl (C=O) groups excluding carboxylic acids is 1. The lowest BCUT2D eigenvalue weighted by Crippen LogP contribution is -2.39. The zero-order valence-corrected chi connectivity index (χ0v) is 25.9. The number of hydrogen-bond donors (Lipinski definition) is 0. The number of nitrogens with zero attached hydrogens (tertiary/aromatic N) is 3. The fourth-order valence-corrected chi connectivity index (χ4v) is 6.50. The van der Waals surface area contributed by atoms with Crippen LogP contribution in [0.4, 0.5) is 5.69 Å². The van der Waals surface area contributed by atoms with Crippen molar-refractivity contribution in [3.63, 3.8) is 0 Å². The first-order valence-corrected chi connectivity index (χ1v) is 15.3. The van der Waals surface area contributed by atoms with Crippen LogP contribution in [-0.4, -0.2) is 31.2 Å². The molecule has 0 spiro atoms. The summed E-state index contributed by atoms with van der Waals surface area (Å²) in [5.41, 5.74) is 4.53. The summed E-state index contributed by atoms with van der Waals surface area (Å²) in [5, 5.41) is 2.36. The predicted molar refractivity (Wildman–Crippen MR) is 176 cm³/mol. The Morgan fingerprint density at radius 1 is 0.977 bits per heavy atom. The van der Waals surface area contributed by atoms with Crippen molar-refractivity contribution in [1.29, 1.82) is 0 Å². The van der Waals surface area contributed by atoms with Crippen molar-refractivity contribution < 1.29 is 14.3 Å². The second-order valence-corrected chi connectivity index (χ2v) is 11.8. The summed E-state index contributed by atoms with van der Waals surface area (Å²) in [5.74, 6) is 0.274.